The van der Waals surface area contributed by atoms with Crippen LogP contribution in [0.5, 0.6) is 0 Å². The molecule has 1 aromatic rings. The van der Waals surface area contributed by atoms with Gasteiger partial charge in [0.25, 0.3) is 0 Å². The van der Waals surface area contributed by atoms with Crippen LogP contribution < -0.4 is 10.6 Å². The number of nitrogens with one attached hydrogen (secondary N) is 2. The molecule has 1 heterocycles. The van der Waals surface area contributed by atoms with Crippen molar-refractivity contribution in [1.82, 2.24) is 10.2 Å². The van der Waals surface area contributed by atoms with Gasteiger partial charge in [-0.1, -0.05) is 23.7 Å². The van der Waals surface area contributed by atoms with E-state index in [-0.39, 0.29) is 5.91 Å². The van der Waals surface area contributed by atoms with Crippen LogP contribution in [0.1, 0.15) is 6.92 Å². The highest BCUT2D eigenvalue weighted by molar-refractivity contribution is 6.33. The van der Waals surface area contributed by atoms with Crippen LogP contribution >= 0.6 is 11.6 Å². The second-order valence-corrected chi connectivity index (χ2v) is 5.03. The summed E-state index contributed by atoms with van der Waals surface area (Å²) < 4.78 is 0. The second kappa shape index (κ2) is 6.18. The van der Waals surface area contributed by atoms with E-state index in [2.05, 4.69) is 22.5 Å². The number of para-hydroxylation sites is 1. The zero-order valence-corrected chi connectivity index (χ0v) is 11.2. The van der Waals surface area contributed by atoms with Gasteiger partial charge < -0.3 is 10.6 Å². The molecule has 5 heteroatoms. The first-order valence-corrected chi connectivity index (χ1v) is 6.53. The van der Waals surface area contributed by atoms with Gasteiger partial charge >= 0.3 is 0 Å². The number of hydrogen-bond acceptors (Lipinski definition) is 3. The Morgan fingerprint density at radius 3 is 3.06 bits per heavy atom. The van der Waals surface area contributed by atoms with Crippen LogP contribution in [0.25, 0.3) is 0 Å². The van der Waals surface area contributed by atoms with Crippen LogP contribution in [0.3, 0.4) is 0 Å². The third kappa shape index (κ3) is 3.70. The number of hydrogen-bond donors (Lipinski definition) is 2. The first kappa shape index (κ1) is 13.3. The Balaban J connectivity index is 1.87. The van der Waals surface area contributed by atoms with Crippen LogP contribution in [-0.4, -0.2) is 43.0 Å². The molecule has 1 saturated heterocycles. The van der Waals surface area contributed by atoms with Gasteiger partial charge in [-0.25, -0.2) is 0 Å². The summed E-state index contributed by atoms with van der Waals surface area (Å²) >= 11 is 6.00. The molecule has 98 valence electrons. The minimum atomic E-state index is -0.0165. The van der Waals surface area contributed by atoms with Crippen molar-refractivity contribution in [3.63, 3.8) is 0 Å². The lowest BCUT2D eigenvalue weighted by Crippen LogP contribution is -2.51. The van der Waals surface area contributed by atoms with Crippen LogP contribution in [-0.2, 0) is 4.79 Å². The summed E-state index contributed by atoms with van der Waals surface area (Å²) in [7, 11) is 0. The van der Waals surface area contributed by atoms with Gasteiger partial charge in [-0.15, -0.1) is 0 Å². The molecule has 0 unspecified atom stereocenters. The SMILES string of the molecule is C[C@H]1CN(CC(=O)Nc2ccccc2Cl)CCN1. The van der Waals surface area contributed by atoms with Gasteiger partial charge in [0, 0.05) is 25.7 Å². The molecule has 4 nitrogen and oxygen atoms in total. The van der Waals surface area contributed by atoms with Crippen LogP contribution in [0.15, 0.2) is 24.3 Å². The molecule has 0 aromatic heterocycles. The Morgan fingerprint density at radius 1 is 1.56 bits per heavy atom. The second-order valence-electron chi connectivity index (χ2n) is 4.62. The van der Waals surface area contributed by atoms with E-state index in [9.17, 15) is 4.79 Å². The molecular weight excluding hydrogens is 250 g/mol. The Kier molecular flexibility index (Phi) is 4.58. The van der Waals surface area contributed by atoms with Crippen molar-refractivity contribution in [3.8, 4) is 0 Å². The van der Waals surface area contributed by atoms with E-state index >= 15 is 0 Å². The number of nitrogens with zero attached hydrogens (tertiary/aromatic N) is 1. The fourth-order valence-corrected chi connectivity index (χ4v) is 2.29. The Bertz CT molecular complexity index is 424. The quantitative estimate of drug-likeness (QED) is 0.874. The lowest BCUT2D eigenvalue weighted by molar-refractivity contribution is -0.117. The molecule has 1 amide bonds. The highest BCUT2D eigenvalue weighted by atomic mass is 35.5. The molecule has 1 aliphatic heterocycles. The van der Waals surface area contributed by atoms with Gasteiger partial charge in [0.2, 0.25) is 5.91 Å². The van der Waals surface area contributed by atoms with Crippen molar-refractivity contribution < 1.29 is 4.79 Å². The first-order chi connectivity index (χ1) is 8.65. The molecule has 0 bridgehead atoms. The molecule has 1 fully saturated rings. The molecule has 0 spiro atoms. The largest absolute Gasteiger partial charge is 0.324 e. The topological polar surface area (TPSA) is 44.4 Å². The molecule has 18 heavy (non-hydrogen) atoms. The molecule has 0 radical (unpaired) electrons. The van der Waals surface area contributed by atoms with Crippen molar-refractivity contribution in [2.24, 2.45) is 0 Å². The minimum Gasteiger partial charge on any atom is -0.324 e. The summed E-state index contributed by atoms with van der Waals surface area (Å²) in [5.74, 6) is -0.0165. The first-order valence-electron chi connectivity index (χ1n) is 6.15. The highest BCUT2D eigenvalue weighted by Crippen LogP contribution is 2.20. The summed E-state index contributed by atoms with van der Waals surface area (Å²) in [6.07, 6.45) is 0. The third-order valence-electron chi connectivity index (χ3n) is 2.97. The Hall–Kier alpha value is -1.10. The Labute approximate surface area is 112 Å². The number of piperazine rings is 1. The molecular formula is C13H18ClN3O. The zero-order chi connectivity index (χ0) is 13.0. The van der Waals surface area contributed by atoms with Gasteiger partial charge in [0.15, 0.2) is 0 Å². The van der Waals surface area contributed by atoms with Crippen LogP contribution in [0.4, 0.5) is 5.69 Å². The van der Waals surface area contributed by atoms with Gasteiger partial charge in [-0.2, -0.15) is 0 Å². The summed E-state index contributed by atoms with van der Waals surface area (Å²) in [5.41, 5.74) is 0.673. The monoisotopic (exact) mass is 267 g/mol. The van der Waals surface area contributed by atoms with Gasteiger partial charge in [-0.3, -0.25) is 9.69 Å². The summed E-state index contributed by atoms with van der Waals surface area (Å²) in [4.78, 5) is 14.1. The number of amides is 1. The number of halogens is 1. The third-order valence-corrected chi connectivity index (χ3v) is 3.30. The van der Waals surface area contributed by atoms with Gasteiger partial charge in [0.05, 0.1) is 17.3 Å². The van der Waals surface area contributed by atoms with E-state index in [0.717, 1.165) is 19.6 Å². The molecule has 2 rings (SSSR count). The van der Waals surface area contributed by atoms with Crippen molar-refractivity contribution in [2.75, 3.05) is 31.5 Å². The lowest BCUT2D eigenvalue weighted by Gasteiger charge is -2.31. The molecule has 1 aromatic carbocycles. The van der Waals surface area contributed by atoms with E-state index in [1.807, 2.05) is 12.1 Å². The maximum absolute atomic E-state index is 11.9. The Morgan fingerprint density at radius 2 is 2.33 bits per heavy atom. The van der Waals surface area contributed by atoms with Crippen molar-refractivity contribution >= 4 is 23.2 Å². The lowest BCUT2D eigenvalue weighted by atomic mass is 10.2. The summed E-state index contributed by atoms with van der Waals surface area (Å²) in [5, 5.41) is 6.76. The van der Waals surface area contributed by atoms with E-state index in [4.69, 9.17) is 11.6 Å². The van der Waals surface area contributed by atoms with Crippen LogP contribution in [0.2, 0.25) is 5.02 Å². The predicted molar refractivity (Wildman–Crippen MR) is 74.0 cm³/mol. The highest BCUT2D eigenvalue weighted by Gasteiger charge is 2.18. The number of carbonyl (C=O) groups is 1. The average Bonchev–Trinajstić information content (AvgIpc) is 2.32. The zero-order valence-electron chi connectivity index (χ0n) is 10.4. The van der Waals surface area contributed by atoms with Crippen molar-refractivity contribution in [3.05, 3.63) is 29.3 Å². The maximum Gasteiger partial charge on any atom is 0.238 e. The van der Waals surface area contributed by atoms with Crippen LogP contribution in [0, 0.1) is 0 Å². The van der Waals surface area contributed by atoms with Gasteiger partial charge in [-0.05, 0) is 19.1 Å². The molecule has 0 aliphatic carbocycles. The maximum atomic E-state index is 11.9. The number of anilines is 1. The van der Waals surface area contributed by atoms with E-state index in [1.165, 1.54) is 0 Å². The average molecular weight is 268 g/mol. The van der Waals surface area contributed by atoms with Crippen molar-refractivity contribution in [1.29, 1.82) is 0 Å². The fraction of sp³-hybridized carbons (Fsp3) is 0.462. The number of carbonyl (C=O) groups excluding carboxylic acids is 1. The summed E-state index contributed by atoms with van der Waals surface area (Å²) in [6, 6.07) is 7.71. The predicted octanol–water partition coefficient (Wildman–Crippen LogP) is 1.57. The standard InChI is InChI=1S/C13H18ClN3O/c1-10-8-17(7-6-15-10)9-13(18)16-12-5-3-2-4-11(12)14/h2-5,10,15H,6-9H2,1H3,(H,16,18)/t10-/m0/s1. The molecule has 1 atom stereocenters. The van der Waals surface area contributed by atoms with E-state index < -0.39 is 0 Å². The number of rotatable bonds is 3. The normalized spacial score (nSPS) is 20.7. The summed E-state index contributed by atoms with van der Waals surface area (Å²) in [6.45, 7) is 5.27. The van der Waals surface area contributed by atoms with Gasteiger partial charge in [0.1, 0.15) is 0 Å². The fourth-order valence-electron chi connectivity index (χ4n) is 2.11. The number of benzene rings is 1. The smallest absolute Gasteiger partial charge is 0.238 e. The van der Waals surface area contributed by atoms with E-state index in [1.54, 1.807) is 12.1 Å². The molecule has 2 N–H and O–H groups in total. The van der Waals surface area contributed by atoms with Crippen molar-refractivity contribution in [2.45, 2.75) is 13.0 Å². The minimum absolute atomic E-state index is 0.0165. The molecule has 1 aliphatic rings. The van der Waals surface area contributed by atoms with E-state index in [0.29, 0.717) is 23.3 Å². The molecule has 0 saturated carbocycles.